The second-order valence-electron chi connectivity index (χ2n) is 18.5. The summed E-state index contributed by atoms with van der Waals surface area (Å²) >= 11 is 6.82. The van der Waals surface area contributed by atoms with Crippen LogP contribution in [0.2, 0.25) is 5.02 Å². The number of hydrogen-bond donors (Lipinski definition) is 1. The zero-order valence-electron chi connectivity index (χ0n) is 38.9. The van der Waals surface area contributed by atoms with Crippen LogP contribution in [0.25, 0.3) is 0 Å². The van der Waals surface area contributed by atoms with Crippen molar-refractivity contribution in [1.82, 2.24) is 4.90 Å². The van der Waals surface area contributed by atoms with Crippen LogP contribution in [-0.2, 0) is 55.8 Å². The molecule has 1 N–H and O–H groups in total. The third-order valence-electron chi connectivity index (χ3n) is 13.1. The number of esters is 2. The van der Waals surface area contributed by atoms with Gasteiger partial charge in [0, 0.05) is 64.3 Å². The van der Waals surface area contributed by atoms with Gasteiger partial charge in [-0.3, -0.25) is 24.0 Å². The van der Waals surface area contributed by atoms with Crippen molar-refractivity contribution >= 4 is 52.6 Å². The second kappa shape index (κ2) is 21.1. The van der Waals surface area contributed by atoms with E-state index >= 15 is 0 Å². The van der Waals surface area contributed by atoms with Crippen molar-refractivity contribution in [2.45, 2.75) is 148 Å². The lowest BCUT2D eigenvalue weighted by molar-refractivity contribution is -0.187. The van der Waals surface area contributed by atoms with Gasteiger partial charge in [-0.1, -0.05) is 74.4 Å². The Bertz CT molecular complexity index is 2150. The van der Waals surface area contributed by atoms with Crippen molar-refractivity contribution in [3.63, 3.8) is 0 Å². The fraction of sp³-hybridized carbons (Fsp3) is 0.560. The number of carbonyl (C=O) groups excluding carboxylic acids is 6. The minimum absolute atomic E-state index is 0.0164. The molecule has 2 aromatic rings. The molecule has 2 fully saturated rings. The number of carbonyl (C=O) groups is 6. The average Bonchev–Trinajstić information content (AvgIpc) is 3.94. The van der Waals surface area contributed by atoms with Crippen LogP contribution in [0, 0.1) is 18.8 Å². The van der Waals surface area contributed by atoms with E-state index in [1.807, 2.05) is 52.8 Å². The van der Waals surface area contributed by atoms with E-state index in [0.717, 1.165) is 22.3 Å². The maximum absolute atomic E-state index is 14.3. The molecule has 3 aliphatic heterocycles. The lowest BCUT2D eigenvalue weighted by Crippen LogP contribution is -2.53. The molecule has 14 heteroatoms. The normalized spacial score (nSPS) is 28.0. The third-order valence-corrected chi connectivity index (χ3v) is 13.6. The van der Waals surface area contributed by atoms with Crippen LogP contribution in [0.4, 0.5) is 5.69 Å². The number of ketones is 2. The Balaban J connectivity index is 1.36. The molecule has 2 amide bonds. The number of allylic oxidation sites excluding steroid dienone is 3. The number of nitrogens with zero attached hydrogens (tertiary/aromatic N) is 2. The SMILES string of the molecule is CO[C@@H]1/C=C/C=C(\C)Cc2cc(C)c(Cl)c(c2)N(C)C(=O)C[C@H](OC(=O)[C@H](C)N(C)C(=O)c2ccc(CC(=O)CCCCC(=O)C(C)C)cc2)[C@]2(C)O[C@H]2[C@H](C)[C@@H]2C[C@@]1(O)CC(=O)O2. The largest absolute Gasteiger partial charge is 0.462 e. The number of benzene rings is 2. The summed E-state index contributed by atoms with van der Waals surface area (Å²) in [7, 11) is 4.56. The first-order valence-corrected chi connectivity index (χ1v) is 22.6. The van der Waals surface area contributed by atoms with Crippen LogP contribution in [0.3, 0.4) is 0 Å². The highest BCUT2D eigenvalue weighted by molar-refractivity contribution is 6.34. The van der Waals surface area contributed by atoms with Gasteiger partial charge in [0.1, 0.15) is 47.1 Å². The van der Waals surface area contributed by atoms with Gasteiger partial charge < -0.3 is 33.9 Å². The predicted molar refractivity (Wildman–Crippen MR) is 243 cm³/mol. The first-order valence-electron chi connectivity index (χ1n) is 22.2. The molecule has 2 aromatic carbocycles. The summed E-state index contributed by atoms with van der Waals surface area (Å²) in [6.45, 7) is 12.6. The Kier molecular flexibility index (Phi) is 16.6. The molecule has 0 unspecified atom stereocenters. The van der Waals surface area contributed by atoms with Gasteiger partial charge >= 0.3 is 11.9 Å². The van der Waals surface area contributed by atoms with E-state index in [1.54, 1.807) is 50.4 Å². The summed E-state index contributed by atoms with van der Waals surface area (Å²) < 4.78 is 24.0. The monoisotopic (exact) mass is 904 g/mol. The van der Waals surface area contributed by atoms with Gasteiger partial charge in [-0.2, -0.15) is 0 Å². The number of amides is 2. The summed E-state index contributed by atoms with van der Waals surface area (Å²) in [5.41, 5.74) is 1.33. The van der Waals surface area contributed by atoms with Gasteiger partial charge in [0.25, 0.3) is 5.91 Å². The van der Waals surface area contributed by atoms with Crippen LogP contribution >= 0.6 is 11.6 Å². The first-order chi connectivity index (χ1) is 30.1. The summed E-state index contributed by atoms with van der Waals surface area (Å²) in [6.07, 6.45) is 4.25. The number of hydrogen-bond acceptors (Lipinski definition) is 11. The fourth-order valence-corrected chi connectivity index (χ4v) is 8.90. The van der Waals surface area contributed by atoms with E-state index in [2.05, 4.69) is 0 Å². The van der Waals surface area contributed by atoms with E-state index in [-0.39, 0.29) is 43.2 Å². The Labute approximate surface area is 382 Å². The highest BCUT2D eigenvalue weighted by atomic mass is 35.5. The maximum atomic E-state index is 14.3. The molecule has 8 atom stereocenters. The van der Waals surface area contributed by atoms with Gasteiger partial charge in [-0.05, 0) is 81.8 Å². The number of halogens is 1. The molecule has 0 aliphatic carbocycles. The van der Waals surface area contributed by atoms with E-state index in [0.29, 0.717) is 48.4 Å². The van der Waals surface area contributed by atoms with Crippen LogP contribution in [0.1, 0.15) is 114 Å². The number of unbranched alkanes of at least 4 members (excludes halogenated alkanes) is 1. The van der Waals surface area contributed by atoms with Crippen LogP contribution in [-0.4, -0.2) is 108 Å². The van der Waals surface area contributed by atoms with Crippen molar-refractivity contribution in [3.8, 4) is 0 Å². The standard InChI is InChI=1S/C50H65ClN2O11/c1-29(2)39(55)16-12-11-15-37(54)24-34-18-20-36(21-19-34)47(58)52(8)33(6)48(59)63-42-26-43(56)53(9)38-25-35(23-31(4)45(38)51)22-30(3)14-13-17-41(61-10)50(60)27-40(62-44(57)28-50)32(5)46-49(42,7)64-46/h13-14,17-21,23,25,29,32-33,40-42,46,60H,11-12,15-16,22,24,26-28H2,1-10H3/b17-13+,30-14+/t32-,33+,40+,41-,42+,46+,49+,50-/m1/s1. The molecular formula is C50H65ClN2O11. The minimum atomic E-state index is -1.59. The minimum Gasteiger partial charge on any atom is -0.462 e. The number of fused-ring (bicyclic) bond motifs is 5. The summed E-state index contributed by atoms with van der Waals surface area (Å²) in [5, 5.41) is 12.3. The molecule has 5 rings (SSSR count). The molecule has 2 saturated heterocycles. The number of anilines is 1. The molecule has 0 spiro atoms. The number of likely N-dealkylation sites (N-methyl/N-ethyl adjacent to an activating group) is 1. The molecule has 0 radical (unpaired) electrons. The topological polar surface area (TPSA) is 169 Å². The summed E-state index contributed by atoms with van der Waals surface area (Å²) in [6, 6.07) is 9.34. The lowest BCUT2D eigenvalue weighted by atomic mass is 9.78. The molecular weight excluding hydrogens is 840 g/mol. The van der Waals surface area contributed by atoms with Crippen LogP contribution < -0.4 is 4.90 Å². The molecule has 3 heterocycles. The summed E-state index contributed by atoms with van der Waals surface area (Å²) in [5.74, 6) is -2.55. The smallest absolute Gasteiger partial charge is 0.328 e. The number of methoxy groups -OCH3 is 1. The molecule has 64 heavy (non-hydrogen) atoms. The van der Waals surface area contributed by atoms with E-state index in [4.69, 9.17) is 30.5 Å². The third kappa shape index (κ3) is 12.0. The quantitative estimate of drug-likeness (QED) is 0.122. The van der Waals surface area contributed by atoms with Gasteiger partial charge in [0.15, 0.2) is 0 Å². The van der Waals surface area contributed by atoms with Gasteiger partial charge in [-0.25, -0.2) is 4.79 Å². The number of rotatable bonds is 13. The zero-order chi connectivity index (χ0) is 47.3. The number of aliphatic hydroxyl groups is 1. The lowest BCUT2D eigenvalue weighted by Gasteiger charge is -2.41. The highest BCUT2D eigenvalue weighted by Gasteiger charge is 2.64. The van der Waals surface area contributed by atoms with Crippen LogP contribution in [0.5, 0.6) is 0 Å². The molecule has 4 bridgehead atoms. The van der Waals surface area contributed by atoms with Gasteiger partial charge in [0.05, 0.1) is 29.7 Å². The van der Waals surface area contributed by atoms with Crippen molar-refractivity contribution in [1.29, 1.82) is 0 Å². The van der Waals surface area contributed by atoms with Crippen molar-refractivity contribution in [2.24, 2.45) is 11.8 Å². The van der Waals surface area contributed by atoms with Crippen LogP contribution in [0.15, 0.2) is 60.2 Å². The fourth-order valence-electron chi connectivity index (χ4n) is 8.66. The average molecular weight is 906 g/mol. The van der Waals surface area contributed by atoms with E-state index < -0.39 is 71.3 Å². The van der Waals surface area contributed by atoms with Crippen molar-refractivity contribution < 1.29 is 52.8 Å². The molecule has 13 nitrogen and oxygen atoms in total. The number of epoxide rings is 1. The maximum Gasteiger partial charge on any atom is 0.328 e. The number of Topliss-reactive ketones (excluding diaryl/α,β-unsaturated/α-hetero) is 2. The Morgan fingerprint density at radius 1 is 1.05 bits per heavy atom. The summed E-state index contributed by atoms with van der Waals surface area (Å²) in [4.78, 5) is 82.4. The predicted octanol–water partition coefficient (Wildman–Crippen LogP) is 7.27. The molecule has 0 saturated carbocycles. The van der Waals surface area contributed by atoms with Crippen molar-refractivity contribution in [3.05, 3.63) is 87.5 Å². The number of aryl methyl sites for hydroxylation is 1. The van der Waals surface area contributed by atoms with Gasteiger partial charge in [-0.15, -0.1) is 0 Å². The first kappa shape index (κ1) is 50.3. The van der Waals surface area contributed by atoms with E-state index in [9.17, 15) is 33.9 Å². The van der Waals surface area contributed by atoms with E-state index in [1.165, 1.54) is 30.9 Å². The van der Waals surface area contributed by atoms with Crippen molar-refractivity contribution in [2.75, 3.05) is 26.1 Å². The molecule has 3 aliphatic rings. The zero-order valence-corrected chi connectivity index (χ0v) is 39.7. The Morgan fingerprint density at radius 2 is 1.72 bits per heavy atom. The Morgan fingerprint density at radius 3 is 2.38 bits per heavy atom. The second-order valence-corrected chi connectivity index (χ2v) is 18.9. The number of ether oxygens (including phenoxy) is 4. The molecule has 348 valence electrons. The molecule has 0 aromatic heterocycles. The van der Waals surface area contributed by atoms with Gasteiger partial charge in [0.2, 0.25) is 5.91 Å². The highest BCUT2D eigenvalue weighted by Crippen LogP contribution is 2.49. The Hall–Kier alpha value is -4.69.